The molecule has 0 atom stereocenters. The van der Waals surface area contributed by atoms with Crippen LogP contribution < -0.4 is 4.90 Å². The molecule has 0 radical (unpaired) electrons. The largest absolute Gasteiger partial charge is 0.456 e. The highest BCUT2D eigenvalue weighted by Crippen LogP contribution is 2.34. The molecule has 0 amide bonds. The van der Waals surface area contributed by atoms with Gasteiger partial charge in [0.05, 0.1) is 5.56 Å². The highest BCUT2D eigenvalue weighted by Gasteiger charge is 2.18. The SMILES string of the molecule is CC(C)(C)OC(=O)c1ccc(N(c2ccccc2)c2ccccc2)cc1. The predicted molar refractivity (Wildman–Crippen MR) is 106 cm³/mol. The van der Waals surface area contributed by atoms with Crippen LogP contribution in [0.3, 0.4) is 0 Å². The summed E-state index contributed by atoms with van der Waals surface area (Å²) in [6.07, 6.45) is 0. The number of carbonyl (C=O) groups excluding carboxylic acids is 1. The van der Waals surface area contributed by atoms with Gasteiger partial charge in [0.1, 0.15) is 5.60 Å². The van der Waals surface area contributed by atoms with Crippen molar-refractivity contribution in [2.75, 3.05) is 4.90 Å². The summed E-state index contributed by atoms with van der Waals surface area (Å²) >= 11 is 0. The maximum absolute atomic E-state index is 12.2. The van der Waals surface area contributed by atoms with Crippen molar-refractivity contribution in [1.29, 1.82) is 0 Å². The van der Waals surface area contributed by atoms with Crippen LogP contribution >= 0.6 is 0 Å². The van der Waals surface area contributed by atoms with Crippen LogP contribution in [0.15, 0.2) is 84.9 Å². The van der Waals surface area contributed by atoms with E-state index in [1.165, 1.54) is 0 Å². The maximum atomic E-state index is 12.2. The third-order valence-electron chi connectivity index (χ3n) is 3.79. The van der Waals surface area contributed by atoms with Crippen LogP contribution in [0.25, 0.3) is 0 Å². The van der Waals surface area contributed by atoms with E-state index in [1.807, 2.05) is 81.4 Å². The molecule has 0 aliphatic rings. The van der Waals surface area contributed by atoms with E-state index >= 15 is 0 Å². The summed E-state index contributed by atoms with van der Waals surface area (Å²) < 4.78 is 5.44. The Morgan fingerprint density at radius 3 is 1.54 bits per heavy atom. The first-order chi connectivity index (χ1) is 12.4. The molecular formula is C23H23NO2. The average Bonchev–Trinajstić information content (AvgIpc) is 2.63. The van der Waals surface area contributed by atoms with E-state index < -0.39 is 5.60 Å². The Balaban J connectivity index is 1.94. The van der Waals surface area contributed by atoms with Gasteiger partial charge in [-0.1, -0.05) is 36.4 Å². The molecular weight excluding hydrogens is 322 g/mol. The Morgan fingerprint density at radius 2 is 1.12 bits per heavy atom. The molecule has 0 aliphatic heterocycles. The van der Waals surface area contributed by atoms with Crippen molar-refractivity contribution in [2.24, 2.45) is 0 Å². The summed E-state index contributed by atoms with van der Waals surface area (Å²) in [5.74, 6) is -0.310. The number of benzene rings is 3. The number of hydrogen-bond donors (Lipinski definition) is 0. The molecule has 3 aromatic carbocycles. The lowest BCUT2D eigenvalue weighted by Crippen LogP contribution is -2.23. The number of nitrogens with zero attached hydrogens (tertiary/aromatic N) is 1. The van der Waals surface area contributed by atoms with Gasteiger partial charge >= 0.3 is 5.97 Å². The van der Waals surface area contributed by atoms with Crippen molar-refractivity contribution < 1.29 is 9.53 Å². The summed E-state index contributed by atoms with van der Waals surface area (Å²) in [6, 6.07) is 27.8. The minimum atomic E-state index is -0.504. The van der Waals surface area contributed by atoms with Gasteiger partial charge in [-0.25, -0.2) is 4.79 Å². The van der Waals surface area contributed by atoms with E-state index in [9.17, 15) is 4.79 Å². The molecule has 26 heavy (non-hydrogen) atoms. The lowest BCUT2D eigenvalue weighted by atomic mass is 10.1. The highest BCUT2D eigenvalue weighted by atomic mass is 16.6. The summed E-state index contributed by atoms with van der Waals surface area (Å²) in [6.45, 7) is 5.60. The zero-order valence-electron chi connectivity index (χ0n) is 15.3. The van der Waals surface area contributed by atoms with Crippen molar-refractivity contribution in [3.05, 3.63) is 90.5 Å². The molecule has 0 aliphatic carbocycles. The number of rotatable bonds is 4. The van der Waals surface area contributed by atoms with Crippen molar-refractivity contribution >= 4 is 23.0 Å². The van der Waals surface area contributed by atoms with Crippen LogP contribution in [0.5, 0.6) is 0 Å². The fraction of sp³-hybridized carbons (Fsp3) is 0.174. The Bertz CT molecular complexity index is 811. The lowest BCUT2D eigenvalue weighted by Gasteiger charge is -2.25. The first-order valence-electron chi connectivity index (χ1n) is 8.68. The normalized spacial score (nSPS) is 11.0. The Labute approximate surface area is 154 Å². The van der Waals surface area contributed by atoms with Gasteiger partial charge in [0, 0.05) is 17.1 Å². The number of para-hydroxylation sites is 2. The third-order valence-corrected chi connectivity index (χ3v) is 3.79. The van der Waals surface area contributed by atoms with Crippen LogP contribution in [-0.4, -0.2) is 11.6 Å². The van der Waals surface area contributed by atoms with Gasteiger partial charge < -0.3 is 9.64 Å². The number of ether oxygens (including phenoxy) is 1. The second-order valence-electron chi connectivity index (χ2n) is 7.06. The molecule has 0 saturated carbocycles. The number of esters is 1. The third kappa shape index (κ3) is 4.31. The summed E-state index contributed by atoms with van der Waals surface area (Å²) in [5, 5.41) is 0. The summed E-state index contributed by atoms with van der Waals surface area (Å²) in [4.78, 5) is 14.4. The zero-order valence-corrected chi connectivity index (χ0v) is 15.3. The van der Waals surface area contributed by atoms with E-state index in [2.05, 4.69) is 29.2 Å². The number of anilines is 3. The van der Waals surface area contributed by atoms with E-state index in [0.717, 1.165) is 17.1 Å². The quantitative estimate of drug-likeness (QED) is 0.534. The van der Waals surface area contributed by atoms with Crippen molar-refractivity contribution in [3.63, 3.8) is 0 Å². The smallest absolute Gasteiger partial charge is 0.338 e. The van der Waals surface area contributed by atoms with Crippen LogP contribution in [0.1, 0.15) is 31.1 Å². The van der Waals surface area contributed by atoms with Crippen LogP contribution in [-0.2, 0) is 4.74 Å². The monoisotopic (exact) mass is 345 g/mol. The molecule has 0 aromatic heterocycles. The van der Waals surface area contributed by atoms with E-state index in [0.29, 0.717) is 5.56 Å². The van der Waals surface area contributed by atoms with Crippen molar-refractivity contribution in [1.82, 2.24) is 0 Å². The molecule has 0 heterocycles. The minimum absolute atomic E-state index is 0.310. The van der Waals surface area contributed by atoms with Crippen LogP contribution in [0.4, 0.5) is 17.1 Å². The van der Waals surface area contributed by atoms with E-state index in [4.69, 9.17) is 4.74 Å². The van der Waals surface area contributed by atoms with Gasteiger partial charge in [-0.15, -0.1) is 0 Å². The fourth-order valence-corrected chi connectivity index (χ4v) is 2.68. The summed E-state index contributed by atoms with van der Waals surface area (Å²) in [5.41, 5.74) is 3.14. The number of hydrogen-bond acceptors (Lipinski definition) is 3. The molecule has 0 saturated heterocycles. The molecule has 0 spiro atoms. The predicted octanol–water partition coefficient (Wildman–Crippen LogP) is 6.11. The highest BCUT2D eigenvalue weighted by molar-refractivity contribution is 5.90. The van der Waals surface area contributed by atoms with Gasteiger partial charge in [-0.2, -0.15) is 0 Å². The Morgan fingerprint density at radius 1 is 0.692 bits per heavy atom. The topological polar surface area (TPSA) is 29.5 Å². The van der Waals surface area contributed by atoms with E-state index in [-0.39, 0.29) is 5.97 Å². The van der Waals surface area contributed by atoms with Crippen LogP contribution in [0.2, 0.25) is 0 Å². The molecule has 0 fully saturated rings. The molecule has 3 aromatic rings. The molecule has 0 N–H and O–H groups in total. The van der Waals surface area contributed by atoms with Crippen molar-refractivity contribution in [3.8, 4) is 0 Å². The standard InChI is InChI=1S/C23H23NO2/c1-23(2,3)26-22(25)18-14-16-21(17-15-18)24(19-10-6-4-7-11-19)20-12-8-5-9-13-20/h4-17H,1-3H3. The van der Waals surface area contributed by atoms with Gasteiger partial charge in [-0.3, -0.25) is 0 Å². The zero-order chi connectivity index (χ0) is 18.6. The second-order valence-corrected chi connectivity index (χ2v) is 7.06. The maximum Gasteiger partial charge on any atom is 0.338 e. The van der Waals surface area contributed by atoms with E-state index in [1.54, 1.807) is 0 Å². The molecule has 132 valence electrons. The first kappa shape index (κ1) is 17.7. The average molecular weight is 345 g/mol. The minimum Gasteiger partial charge on any atom is -0.456 e. The molecule has 3 heteroatoms. The van der Waals surface area contributed by atoms with Gasteiger partial charge in [0.25, 0.3) is 0 Å². The number of carbonyl (C=O) groups is 1. The Kier molecular flexibility index (Phi) is 5.08. The first-order valence-corrected chi connectivity index (χ1v) is 8.68. The second kappa shape index (κ2) is 7.44. The summed E-state index contributed by atoms with van der Waals surface area (Å²) in [7, 11) is 0. The van der Waals surface area contributed by atoms with Crippen LogP contribution in [0, 0.1) is 0 Å². The fourth-order valence-electron chi connectivity index (χ4n) is 2.68. The lowest BCUT2D eigenvalue weighted by molar-refractivity contribution is 0.00696. The van der Waals surface area contributed by atoms with Crippen molar-refractivity contribution in [2.45, 2.75) is 26.4 Å². The molecule has 3 rings (SSSR count). The van der Waals surface area contributed by atoms with Gasteiger partial charge in [-0.05, 0) is 69.3 Å². The molecule has 3 nitrogen and oxygen atoms in total. The van der Waals surface area contributed by atoms with Gasteiger partial charge in [0.15, 0.2) is 0 Å². The van der Waals surface area contributed by atoms with Gasteiger partial charge in [0.2, 0.25) is 0 Å². The molecule has 0 bridgehead atoms. The Hall–Kier alpha value is -3.07. The molecule has 0 unspecified atom stereocenters.